The fourth-order valence-corrected chi connectivity index (χ4v) is 1.84. The first-order chi connectivity index (χ1) is 7.67. The molecule has 3 N–H and O–H groups in total. The molecule has 0 unspecified atom stereocenters. The van der Waals surface area contributed by atoms with Gasteiger partial charge in [0.2, 0.25) is 17.0 Å². The minimum atomic E-state index is 0.148. The average molecular weight is 243 g/mol. The molecule has 0 saturated heterocycles. The molecule has 1 amide bonds. The molecule has 0 radical (unpaired) electrons. The van der Waals surface area contributed by atoms with Gasteiger partial charge < -0.3 is 16.0 Å². The van der Waals surface area contributed by atoms with Crippen molar-refractivity contribution in [2.24, 2.45) is 0 Å². The minimum absolute atomic E-state index is 0.148. The monoisotopic (exact) mass is 243 g/mol. The molecule has 16 heavy (non-hydrogen) atoms. The largest absolute Gasteiger partial charge is 0.367 e. The van der Waals surface area contributed by atoms with E-state index in [-0.39, 0.29) is 11.9 Å². The maximum atomic E-state index is 11.6. The molecule has 0 aliphatic rings. The van der Waals surface area contributed by atoms with Gasteiger partial charge in [0.05, 0.1) is 0 Å². The molecule has 7 heteroatoms. The summed E-state index contributed by atoms with van der Waals surface area (Å²) in [6.07, 6.45) is 0.459. The molecule has 90 valence electrons. The number of nitrogens with one attached hydrogen (secondary N) is 1. The molecule has 6 nitrogen and oxygen atoms in total. The third kappa shape index (κ3) is 3.65. The Morgan fingerprint density at radius 3 is 2.69 bits per heavy atom. The summed E-state index contributed by atoms with van der Waals surface area (Å²) in [5, 5.41) is 3.67. The number of nitrogens with two attached hydrogens (primary N) is 1. The van der Waals surface area contributed by atoms with Crippen LogP contribution in [0, 0.1) is 0 Å². The predicted molar refractivity (Wildman–Crippen MR) is 65.4 cm³/mol. The van der Waals surface area contributed by atoms with Crippen LogP contribution >= 0.6 is 11.5 Å². The van der Waals surface area contributed by atoms with E-state index in [0.29, 0.717) is 18.1 Å². The zero-order valence-electron chi connectivity index (χ0n) is 9.56. The zero-order chi connectivity index (χ0) is 12.0. The molecule has 1 rings (SSSR count). The maximum Gasteiger partial charge on any atom is 0.233 e. The fourth-order valence-electron chi connectivity index (χ4n) is 1.32. The predicted octanol–water partition coefficient (Wildman–Crippen LogP) is 0.791. The van der Waals surface area contributed by atoms with Crippen LogP contribution in [0.15, 0.2) is 0 Å². The zero-order valence-corrected chi connectivity index (χ0v) is 10.4. The van der Waals surface area contributed by atoms with Crippen LogP contribution in [0.25, 0.3) is 0 Å². The Hall–Kier alpha value is -1.37. The van der Waals surface area contributed by atoms with Crippen LogP contribution in [0.2, 0.25) is 0 Å². The number of hydrogen-bond donors (Lipinski definition) is 2. The van der Waals surface area contributed by atoms with Crippen LogP contribution in [0.4, 0.5) is 11.1 Å². The van der Waals surface area contributed by atoms with Gasteiger partial charge in [-0.05, 0) is 13.8 Å². The molecule has 1 heterocycles. The molecule has 0 aliphatic heterocycles. The number of aromatic nitrogens is 2. The van der Waals surface area contributed by atoms with Crippen molar-refractivity contribution in [3.05, 3.63) is 0 Å². The van der Waals surface area contributed by atoms with Crippen molar-refractivity contribution in [1.29, 1.82) is 0 Å². The van der Waals surface area contributed by atoms with Crippen molar-refractivity contribution >= 4 is 28.5 Å². The molecular formula is C9H17N5OS. The minimum Gasteiger partial charge on any atom is -0.367 e. The van der Waals surface area contributed by atoms with E-state index in [9.17, 15) is 4.79 Å². The molecule has 0 fully saturated rings. The van der Waals surface area contributed by atoms with Crippen molar-refractivity contribution in [2.45, 2.75) is 20.3 Å². The second-order valence-corrected chi connectivity index (χ2v) is 3.95. The van der Waals surface area contributed by atoms with E-state index < -0.39 is 0 Å². The molecular weight excluding hydrogens is 226 g/mol. The summed E-state index contributed by atoms with van der Waals surface area (Å²) in [7, 11) is 0. The lowest BCUT2D eigenvalue weighted by molar-refractivity contribution is -0.130. The van der Waals surface area contributed by atoms with Crippen LogP contribution < -0.4 is 11.1 Å². The second kappa shape index (κ2) is 6.26. The summed E-state index contributed by atoms with van der Waals surface area (Å²) in [5.74, 6) is 0.414. The van der Waals surface area contributed by atoms with E-state index >= 15 is 0 Å². The number of nitrogen functional groups attached to an aromatic ring is 1. The van der Waals surface area contributed by atoms with E-state index in [0.717, 1.165) is 13.1 Å². The summed E-state index contributed by atoms with van der Waals surface area (Å²) < 4.78 is 3.83. The highest BCUT2D eigenvalue weighted by atomic mass is 32.1. The Labute approximate surface area is 99.0 Å². The van der Waals surface area contributed by atoms with Crippen molar-refractivity contribution in [3.8, 4) is 0 Å². The summed E-state index contributed by atoms with van der Waals surface area (Å²) in [6.45, 7) is 6.01. The van der Waals surface area contributed by atoms with Crippen LogP contribution in [0.1, 0.15) is 20.3 Å². The van der Waals surface area contributed by atoms with Gasteiger partial charge in [0.1, 0.15) is 0 Å². The Morgan fingerprint density at radius 1 is 1.50 bits per heavy atom. The smallest absolute Gasteiger partial charge is 0.233 e. The summed E-state index contributed by atoms with van der Waals surface area (Å²) in [4.78, 5) is 17.4. The van der Waals surface area contributed by atoms with Gasteiger partial charge in [0.15, 0.2) is 0 Å². The maximum absolute atomic E-state index is 11.6. The van der Waals surface area contributed by atoms with E-state index in [1.807, 2.05) is 13.8 Å². The van der Waals surface area contributed by atoms with E-state index in [1.165, 1.54) is 11.5 Å². The van der Waals surface area contributed by atoms with Crippen molar-refractivity contribution in [3.63, 3.8) is 0 Å². The number of anilines is 2. The lowest BCUT2D eigenvalue weighted by Crippen LogP contribution is -2.31. The highest BCUT2D eigenvalue weighted by molar-refractivity contribution is 7.09. The molecule has 0 saturated carbocycles. The number of rotatable bonds is 6. The van der Waals surface area contributed by atoms with Gasteiger partial charge in [-0.15, -0.1) is 0 Å². The molecule has 0 aliphatic carbocycles. The van der Waals surface area contributed by atoms with Crippen LogP contribution in [-0.2, 0) is 4.79 Å². The molecule has 0 bridgehead atoms. The Balaban J connectivity index is 2.27. The quantitative estimate of drug-likeness (QED) is 0.771. The summed E-state index contributed by atoms with van der Waals surface area (Å²) in [5.41, 5.74) is 5.37. The summed E-state index contributed by atoms with van der Waals surface area (Å²) >= 11 is 1.20. The van der Waals surface area contributed by atoms with Gasteiger partial charge in [0, 0.05) is 37.6 Å². The highest BCUT2D eigenvalue weighted by Gasteiger charge is 2.09. The van der Waals surface area contributed by atoms with Crippen LogP contribution in [0.5, 0.6) is 0 Å². The number of carbonyl (C=O) groups excluding carboxylic acids is 1. The number of carbonyl (C=O) groups is 1. The van der Waals surface area contributed by atoms with Gasteiger partial charge in [0.25, 0.3) is 0 Å². The molecule has 1 aromatic heterocycles. The molecule has 1 aromatic rings. The Bertz CT molecular complexity index is 336. The third-order valence-corrected chi connectivity index (χ3v) is 2.86. The van der Waals surface area contributed by atoms with E-state index in [1.54, 1.807) is 4.90 Å². The Kier molecular flexibility index (Phi) is 4.97. The van der Waals surface area contributed by atoms with Gasteiger partial charge in [-0.3, -0.25) is 4.79 Å². The second-order valence-electron chi connectivity index (χ2n) is 3.20. The first-order valence-corrected chi connectivity index (χ1v) is 6.05. The number of amides is 1. The Morgan fingerprint density at radius 2 is 2.19 bits per heavy atom. The molecule has 0 aromatic carbocycles. The summed E-state index contributed by atoms with van der Waals surface area (Å²) in [6, 6.07) is 0. The first-order valence-electron chi connectivity index (χ1n) is 5.28. The number of hydrogen-bond acceptors (Lipinski definition) is 6. The van der Waals surface area contributed by atoms with Gasteiger partial charge in [-0.1, -0.05) is 0 Å². The standard InChI is InChI=1S/C9H17N5OS/c1-3-14(4-2)7(15)5-6-11-9-12-8(10)13-16-9/h3-6H2,1-2H3,(H3,10,11,12,13). The fraction of sp³-hybridized carbons (Fsp3) is 0.667. The van der Waals surface area contributed by atoms with Crippen LogP contribution in [0.3, 0.4) is 0 Å². The van der Waals surface area contributed by atoms with Crippen molar-refractivity contribution < 1.29 is 4.79 Å². The van der Waals surface area contributed by atoms with E-state index in [4.69, 9.17) is 5.73 Å². The van der Waals surface area contributed by atoms with E-state index in [2.05, 4.69) is 14.7 Å². The van der Waals surface area contributed by atoms with Gasteiger partial charge >= 0.3 is 0 Å². The van der Waals surface area contributed by atoms with Gasteiger partial charge in [-0.25, -0.2) is 0 Å². The highest BCUT2D eigenvalue weighted by Crippen LogP contribution is 2.11. The molecule has 0 spiro atoms. The SMILES string of the molecule is CCN(CC)C(=O)CCNc1nc(N)ns1. The van der Waals surface area contributed by atoms with Gasteiger partial charge in [-0.2, -0.15) is 9.36 Å². The lowest BCUT2D eigenvalue weighted by Gasteiger charge is -2.18. The van der Waals surface area contributed by atoms with Crippen molar-refractivity contribution in [2.75, 3.05) is 30.7 Å². The normalized spacial score (nSPS) is 10.1. The third-order valence-electron chi connectivity index (χ3n) is 2.17. The van der Waals surface area contributed by atoms with Crippen molar-refractivity contribution in [1.82, 2.24) is 14.3 Å². The molecule has 0 atom stereocenters. The first kappa shape index (κ1) is 12.7. The van der Waals surface area contributed by atoms with Crippen LogP contribution in [-0.4, -0.2) is 39.8 Å². The lowest BCUT2D eigenvalue weighted by atomic mass is 10.3. The number of nitrogens with zero attached hydrogens (tertiary/aromatic N) is 3. The average Bonchev–Trinajstić information content (AvgIpc) is 2.66. The topological polar surface area (TPSA) is 84.1 Å².